The maximum absolute atomic E-state index is 12.0. The van der Waals surface area contributed by atoms with Crippen LogP contribution in [-0.2, 0) is 0 Å². The van der Waals surface area contributed by atoms with Crippen molar-refractivity contribution in [1.29, 1.82) is 0 Å². The molecule has 0 N–H and O–H groups in total. The number of carbonyl (C=O) groups is 1. The van der Waals surface area contributed by atoms with Crippen LogP contribution >= 0.6 is 0 Å². The van der Waals surface area contributed by atoms with Crippen molar-refractivity contribution >= 4 is 5.78 Å². The molecule has 2 aromatic rings. The lowest BCUT2D eigenvalue weighted by molar-refractivity contribution is 0.103. The fraction of sp³-hybridized carbons (Fsp3) is 0.154. The zero-order chi connectivity index (χ0) is 11.5. The van der Waals surface area contributed by atoms with Gasteiger partial charge in [0.25, 0.3) is 0 Å². The number of carbonyl (C=O) groups excluding carboxylic acids is 1. The second kappa shape index (κ2) is 4.23. The predicted octanol–water partition coefficient (Wildman–Crippen LogP) is 2.32. The first-order valence-electron chi connectivity index (χ1n) is 5.07. The third kappa shape index (κ3) is 2.14. The van der Waals surface area contributed by atoms with Gasteiger partial charge in [-0.15, -0.1) is 0 Å². The Morgan fingerprint density at radius 3 is 1.62 bits per heavy atom. The monoisotopic (exact) mass is 212 g/mol. The van der Waals surface area contributed by atoms with Gasteiger partial charge in [0.1, 0.15) is 0 Å². The molecule has 0 aliphatic rings. The van der Waals surface area contributed by atoms with Crippen molar-refractivity contribution in [2.24, 2.45) is 0 Å². The normalized spacial score (nSPS) is 10.1. The Morgan fingerprint density at radius 1 is 0.875 bits per heavy atom. The van der Waals surface area contributed by atoms with Crippen LogP contribution in [0.3, 0.4) is 0 Å². The molecule has 3 nitrogen and oxygen atoms in total. The molecule has 0 bridgehead atoms. The molecule has 0 aliphatic carbocycles. The lowest BCUT2D eigenvalue weighted by Crippen LogP contribution is -2.02. The van der Waals surface area contributed by atoms with Crippen LogP contribution in [0.2, 0.25) is 0 Å². The van der Waals surface area contributed by atoms with Gasteiger partial charge in [-0.3, -0.25) is 14.8 Å². The first-order valence-corrected chi connectivity index (χ1v) is 5.07. The van der Waals surface area contributed by atoms with Gasteiger partial charge >= 0.3 is 0 Å². The van der Waals surface area contributed by atoms with Crippen LogP contribution in [0, 0.1) is 13.8 Å². The number of aromatic nitrogens is 2. The van der Waals surface area contributed by atoms with Crippen LogP contribution in [0.15, 0.2) is 36.7 Å². The van der Waals surface area contributed by atoms with Gasteiger partial charge in [-0.25, -0.2) is 0 Å². The highest BCUT2D eigenvalue weighted by molar-refractivity contribution is 6.08. The van der Waals surface area contributed by atoms with Crippen molar-refractivity contribution in [3.05, 3.63) is 59.2 Å². The van der Waals surface area contributed by atoms with Crippen LogP contribution in [0.5, 0.6) is 0 Å². The molecular weight excluding hydrogens is 200 g/mol. The molecule has 0 aromatic carbocycles. The Kier molecular flexibility index (Phi) is 2.77. The number of hydrogen-bond acceptors (Lipinski definition) is 3. The Bertz CT molecular complexity index is 453. The summed E-state index contributed by atoms with van der Waals surface area (Å²) in [6.07, 6.45) is 3.19. The molecule has 0 unspecified atom stereocenters. The summed E-state index contributed by atoms with van der Waals surface area (Å²) in [5.41, 5.74) is 2.99. The molecule has 2 rings (SSSR count). The first kappa shape index (κ1) is 10.5. The van der Waals surface area contributed by atoms with Crippen LogP contribution < -0.4 is 0 Å². The predicted molar refractivity (Wildman–Crippen MR) is 61.4 cm³/mol. The molecule has 0 atom stereocenters. The summed E-state index contributed by atoms with van der Waals surface area (Å²) in [5, 5.41) is 0. The summed E-state index contributed by atoms with van der Waals surface area (Å²) in [6.45, 7) is 3.78. The zero-order valence-corrected chi connectivity index (χ0v) is 9.27. The van der Waals surface area contributed by atoms with Crippen molar-refractivity contribution < 1.29 is 4.79 Å². The number of ketones is 1. The second-order valence-corrected chi connectivity index (χ2v) is 3.71. The van der Waals surface area contributed by atoms with E-state index in [1.165, 1.54) is 0 Å². The standard InChI is InChI=1S/C13H12N2O/c1-9-3-5-11(7-14-9)13(16)12-6-4-10(2)15-8-12/h3-8H,1-2H3. The van der Waals surface area contributed by atoms with E-state index in [0.29, 0.717) is 11.1 Å². The fourth-order valence-electron chi connectivity index (χ4n) is 1.37. The van der Waals surface area contributed by atoms with Gasteiger partial charge in [-0.2, -0.15) is 0 Å². The molecule has 2 aromatic heterocycles. The molecule has 0 radical (unpaired) electrons. The maximum atomic E-state index is 12.0. The van der Waals surface area contributed by atoms with E-state index in [9.17, 15) is 4.79 Å². The quantitative estimate of drug-likeness (QED) is 0.717. The Hall–Kier alpha value is -2.03. The van der Waals surface area contributed by atoms with Crippen LogP contribution in [-0.4, -0.2) is 15.8 Å². The van der Waals surface area contributed by atoms with Crippen molar-refractivity contribution in [1.82, 2.24) is 9.97 Å². The molecule has 2 heterocycles. The molecule has 16 heavy (non-hydrogen) atoms. The summed E-state index contributed by atoms with van der Waals surface area (Å²) >= 11 is 0. The summed E-state index contributed by atoms with van der Waals surface area (Å²) in [5.74, 6) is -0.0417. The number of pyridine rings is 2. The van der Waals surface area contributed by atoms with Gasteiger partial charge in [0, 0.05) is 34.9 Å². The summed E-state index contributed by atoms with van der Waals surface area (Å²) in [7, 11) is 0. The van der Waals surface area contributed by atoms with E-state index in [-0.39, 0.29) is 5.78 Å². The number of nitrogens with zero attached hydrogens (tertiary/aromatic N) is 2. The van der Waals surface area contributed by atoms with Gasteiger partial charge in [0.2, 0.25) is 0 Å². The fourth-order valence-corrected chi connectivity index (χ4v) is 1.37. The number of rotatable bonds is 2. The van der Waals surface area contributed by atoms with Gasteiger partial charge in [0.15, 0.2) is 5.78 Å². The van der Waals surface area contributed by atoms with Gasteiger partial charge in [0.05, 0.1) is 0 Å². The highest BCUT2D eigenvalue weighted by Gasteiger charge is 2.08. The van der Waals surface area contributed by atoms with Crippen molar-refractivity contribution in [3.63, 3.8) is 0 Å². The SMILES string of the molecule is Cc1ccc(C(=O)c2ccc(C)nc2)cn1. The number of aryl methyl sites for hydroxylation is 2. The maximum Gasteiger partial charge on any atom is 0.196 e. The van der Waals surface area contributed by atoms with Crippen LogP contribution in [0.4, 0.5) is 0 Å². The second-order valence-electron chi connectivity index (χ2n) is 3.71. The van der Waals surface area contributed by atoms with Gasteiger partial charge < -0.3 is 0 Å². The number of hydrogen-bond donors (Lipinski definition) is 0. The summed E-state index contributed by atoms with van der Waals surface area (Å²) in [4.78, 5) is 20.2. The van der Waals surface area contributed by atoms with Crippen molar-refractivity contribution in [3.8, 4) is 0 Å². The van der Waals surface area contributed by atoms with Crippen molar-refractivity contribution in [2.75, 3.05) is 0 Å². The van der Waals surface area contributed by atoms with E-state index in [1.807, 2.05) is 26.0 Å². The molecular formula is C13H12N2O. The van der Waals surface area contributed by atoms with E-state index >= 15 is 0 Å². The average Bonchev–Trinajstić information content (AvgIpc) is 2.30. The Balaban J connectivity index is 2.32. The molecule has 0 aliphatic heterocycles. The average molecular weight is 212 g/mol. The van der Waals surface area contributed by atoms with Gasteiger partial charge in [-0.05, 0) is 38.1 Å². The van der Waals surface area contributed by atoms with E-state index in [2.05, 4.69) is 9.97 Å². The molecule has 0 saturated carbocycles. The van der Waals surface area contributed by atoms with E-state index in [1.54, 1.807) is 24.5 Å². The third-order valence-corrected chi connectivity index (χ3v) is 2.35. The molecule has 0 amide bonds. The molecule has 3 heteroatoms. The molecule has 0 spiro atoms. The lowest BCUT2D eigenvalue weighted by Gasteiger charge is -2.01. The molecule has 0 saturated heterocycles. The lowest BCUT2D eigenvalue weighted by atomic mass is 10.1. The summed E-state index contributed by atoms with van der Waals surface area (Å²) in [6, 6.07) is 7.22. The highest BCUT2D eigenvalue weighted by atomic mass is 16.1. The Labute approximate surface area is 94.2 Å². The first-order chi connectivity index (χ1) is 7.66. The summed E-state index contributed by atoms with van der Waals surface area (Å²) < 4.78 is 0. The van der Waals surface area contributed by atoms with Crippen LogP contribution in [0.1, 0.15) is 27.3 Å². The van der Waals surface area contributed by atoms with E-state index in [0.717, 1.165) is 11.4 Å². The van der Waals surface area contributed by atoms with Gasteiger partial charge in [-0.1, -0.05) is 0 Å². The zero-order valence-electron chi connectivity index (χ0n) is 9.27. The highest BCUT2D eigenvalue weighted by Crippen LogP contribution is 2.08. The van der Waals surface area contributed by atoms with Crippen molar-refractivity contribution in [2.45, 2.75) is 13.8 Å². The van der Waals surface area contributed by atoms with E-state index in [4.69, 9.17) is 0 Å². The topological polar surface area (TPSA) is 42.9 Å². The molecule has 80 valence electrons. The minimum Gasteiger partial charge on any atom is -0.288 e. The minimum absolute atomic E-state index is 0.0417. The van der Waals surface area contributed by atoms with E-state index < -0.39 is 0 Å². The Morgan fingerprint density at radius 2 is 1.31 bits per heavy atom. The molecule has 0 fully saturated rings. The van der Waals surface area contributed by atoms with Crippen LogP contribution in [0.25, 0.3) is 0 Å². The largest absolute Gasteiger partial charge is 0.288 e. The third-order valence-electron chi connectivity index (χ3n) is 2.35. The smallest absolute Gasteiger partial charge is 0.196 e. The minimum atomic E-state index is -0.0417.